The van der Waals surface area contributed by atoms with Gasteiger partial charge in [0.05, 0.1) is 0 Å². The molecule has 0 radical (unpaired) electrons. The number of nitrogens with zero attached hydrogens (tertiary/aromatic N) is 1. The third kappa shape index (κ3) is 2.41. The lowest BCUT2D eigenvalue weighted by Crippen LogP contribution is -2.50. The van der Waals surface area contributed by atoms with Crippen molar-refractivity contribution in [3.8, 4) is 0 Å². The molecule has 0 aromatic carbocycles. The highest BCUT2D eigenvalue weighted by atomic mass is 16.2. The van der Waals surface area contributed by atoms with E-state index in [0.29, 0.717) is 0 Å². The van der Waals surface area contributed by atoms with E-state index in [9.17, 15) is 4.79 Å². The lowest BCUT2D eigenvalue weighted by Gasteiger charge is -2.48. The summed E-state index contributed by atoms with van der Waals surface area (Å²) in [6.07, 6.45) is 5.44. The minimum atomic E-state index is 0.278. The van der Waals surface area contributed by atoms with Gasteiger partial charge in [0.2, 0.25) is 5.91 Å². The Morgan fingerprint density at radius 3 is 2.25 bits per heavy atom. The Kier molecular flexibility index (Phi) is 3.56. The van der Waals surface area contributed by atoms with E-state index in [-0.39, 0.29) is 5.91 Å². The van der Waals surface area contributed by atoms with Crippen molar-refractivity contribution in [2.75, 3.05) is 13.1 Å². The van der Waals surface area contributed by atoms with Crippen molar-refractivity contribution in [2.24, 2.45) is 23.7 Å². The molecule has 92 valence electrons. The molecule has 2 atom stereocenters. The number of fused-ring (bicyclic) bond motifs is 2. The van der Waals surface area contributed by atoms with E-state index >= 15 is 0 Å². The molecule has 2 aliphatic rings. The molecule has 2 bridgehead atoms. The zero-order valence-corrected chi connectivity index (χ0v) is 10.9. The molecule has 2 heteroatoms. The maximum atomic E-state index is 11.5. The molecule has 2 nitrogen and oxygen atoms in total. The van der Waals surface area contributed by atoms with E-state index in [1.807, 2.05) is 0 Å². The number of amides is 1. The third-order valence-electron chi connectivity index (χ3n) is 4.46. The van der Waals surface area contributed by atoms with Gasteiger partial charge in [-0.25, -0.2) is 0 Å². The van der Waals surface area contributed by atoms with Crippen LogP contribution < -0.4 is 0 Å². The minimum absolute atomic E-state index is 0.278. The summed E-state index contributed by atoms with van der Waals surface area (Å²) in [5.74, 6) is 3.55. The SMILES string of the molecule is CC(=O)N1CC2CCCC(C1)C2CC(C)C. The average Bonchev–Trinajstić information content (AvgIpc) is 2.15. The Hall–Kier alpha value is -0.530. The summed E-state index contributed by atoms with van der Waals surface area (Å²) in [5.41, 5.74) is 0. The average molecular weight is 223 g/mol. The molecule has 16 heavy (non-hydrogen) atoms. The van der Waals surface area contributed by atoms with Crippen LogP contribution in [0, 0.1) is 23.7 Å². The molecule has 1 amide bonds. The van der Waals surface area contributed by atoms with Crippen molar-refractivity contribution in [3.63, 3.8) is 0 Å². The van der Waals surface area contributed by atoms with Gasteiger partial charge in [-0.05, 0) is 42.9 Å². The van der Waals surface area contributed by atoms with Crippen LogP contribution in [-0.2, 0) is 4.79 Å². The summed E-state index contributed by atoms with van der Waals surface area (Å²) in [4.78, 5) is 13.6. The fraction of sp³-hybridized carbons (Fsp3) is 0.929. The predicted molar refractivity (Wildman–Crippen MR) is 66.0 cm³/mol. The lowest BCUT2D eigenvalue weighted by atomic mass is 9.66. The van der Waals surface area contributed by atoms with E-state index < -0.39 is 0 Å². The van der Waals surface area contributed by atoms with Gasteiger partial charge < -0.3 is 4.90 Å². The van der Waals surface area contributed by atoms with E-state index in [1.165, 1.54) is 25.7 Å². The van der Waals surface area contributed by atoms with Crippen LogP contribution in [0.4, 0.5) is 0 Å². The fourth-order valence-electron chi connectivity index (χ4n) is 3.74. The van der Waals surface area contributed by atoms with Crippen LogP contribution in [0.2, 0.25) is 0 Å². The van der Waals surface area contributed by atoms with E-state index in [1.54, 1.807) is 6.92 Å². The molecule has 1 heterocycles. The third-order valence-corrected chi connectivity index (χ3v) is 4.46. The second-order valence-electron chi connectivity index (χ2n) is 6.17. The Morgan fingerprint density at radius 2 is 1.81 bits per heavy atom. The molecule has 1 saturated carbocycles. The van der Waals surface area contributed by atoms with Gasteiger partial charge in [0, 0.05) is 20.0 Å². The number of carbonyl (C=O) groups excluding carboxylic acids is 1. The van der Waals surface area contributed by atoms with Gasteiger partial charge in [0.15, 0.2) is 0 Å². The highest BCUT2D eigenvalue weighted by Gasteiger charge is 2.39. The van der Waals surface area contributed by atoms with Crippen LogP contribution in [0.5, 0.6) is 0 Å². The van der Waals surface area contributed by atoms with Crippen LogP contribution in [0.15, 0.2) is 0 Å². The second-order valence-corrected chi connectivity index (χ2v) is 6.17. The van der Waals surface area contributed by atoms with E-state index in [4.69, 9.17) is 0 Å². The largest absolute Gasteiger partial charge is 0.342 e. The Morgan fingerprint density at radius 1 is 1.25 bits per heavy atom. The molecule has 1 aliphatic heterocycles. The number of hydrogen-bond donors (Lipinski definition) is 0. The van der Waals surface area contributed by atoms with Crippen molar-refractivity contribution in [1.29, 1.82) is 0 Å². The highest BCUT2D eigenvalue weighted by Crippen LogP contribution is 2.42. The zero-order valence-electron chi connectivity index (χ0n) is 10.9. The van der Waals surface area contributed by atoms with Crippen molar-refractivity contribution < 1.29 is 4.79 Å². The lowest BCUT2D eigenvalue weighted by molar-refractivity contribution is -0.134. The summed E-state index contributed by atoms with van der Waals surface area (Å²) in [7, 11) is 0. The van der Waals surface area contributed by atoms with Crippen molar-refractivity contribution >= 4 is 5.91 Å². The first-order valence-corrected chi connectivity index (χ1v) is 6.83. The van der Waals surface area contributed by atoms with Crippen LogP contribution in [-0.4, -0.2) is 23.9 Å². The van der Waals surface area contributed by atoms with Crippen LogP contribution in [0.1, 0.15) is 46.5 Å². The first-order chi connectivity index (χ1) is 7.58. The number of piperidine rings is 1. The summed E-state index contributed by atoms with van der Waals surface area (Å²) >= 11 is 0. The van der Waals surface area contributed by atoms with Crippen molar-refractivity contribution in [2.45, 2.75) is 46.5 Å². The number of hydrogen-bond acceptors (Lipinski definition) is 1. The molecular weight excluding hydrogens is 198 g/mol. The molecule has 2 rings (SSSR count). The summed E-state index contributed by atoms with van der Waals surface area (Å²) in [5, 5.41) is 0. The summed E-state index contributed by atoms with van der Waals surface area (Å²) in [6.45, 7) is 8.44. The summed E-state index contributed by atoms with van der Waals surface area (Å²) in [6, 6.07) is 0. The molecule has 0 spiro atoms. The molecule has 2 unspecified atom stereocenters. The minimum Gasteiger partial charge on any atom is -0.342 e. The standard InChI is InChI=1S/C14H25NO/c1-10(2)7-14-12-5-4-6-13(14)9-15(8-12)11(3)16/h10,12-14H,4-9H2,1-3H3. The van der Waals surface area contributed by atoms with Crippen LogP contribution in [0.3, 0.4) is 0 Å². The Bertz CT molecular complexity index is 247. The van der Waals surface area contributed by atoms with Gasteiger partial charge in [-0.15, -0.1) is 0 Å². The molecule has 1 aliphatic carbocycles. The first kappa shape index (κ1) is 11.9. The Balaban J connectivity index is 2.04. The normalized spacial score (nSPS) is 34.2. The van der Waals surface area contributed by atoms with E-state index in [0.717, 1.165) is 36.8 Å². The van der Waals surface area contributed by atoms with Crippen molar-refractivity contribution in [1.82, 2.24) is 4.90 Å². The monoisotopic (exact) mass is 223 g/mol. The van der Waals surface area contributed by atoms with Gasteiger partial charge in [0.1, 0.15) is 0 Å². The fourth-order valence-corrected chi connectivity index (χ4v) is 3.74. The Labute approximate surface area is 99.4 Å². The molecular formula is C14H25NO. The number of carbonyl (C=O) groups is 1. The second kappa shape index (κ2) is 4.77. The van der Waals surface area contributed by atoms with Crippen LogP contribution in [0.25, 0.3) is 0 Å². The molecule has 0 N–H and O–H groups in total. The highest BCUT2D eigenvalue weighted by molar-refractivity contribution is 5.73. The van der Waals surface area contributed by atoms with Gasteiger partial charge in [-0.1, -0.05) is 20.3 Å². The smallest absolute Gasteiger partial charge is 0.219 e. The van der Waals surface area contributed by atoms with E-state index in [2.05, 4.69) is 18.7 Å². The first-order valence-electron chi connectivity index (χ1n) is 6.83. The van der Waals surface area contributed by atoms with Gasteiger partial charge >= 0.3 is 0 Å². The molecule has 2 fully saturated rings. The summed E-state index contributed by atoms with van der Waals surface area (Å²) < 4.78 is 0. The molecule has 0 aromatic rings. The molecule has 1 saturated heterocycles. The maximum absolute atomic E-state index is 11.5. The predicted octanol–water partition coefficient (Wildman–Crippen LogP) is 2.93. The number of rotatable bonds is 2. The number of likely N-dealkylation sites (tertiary alicyclic amines) is 1. The van der Waals surface area contributed by atoms with Crippen molar-refractivity contribution in [3.05, 3.63) is 0 Å². The van der Waals surface area contributed by atoms with Gasteiger partial charge in [-0.2, -0.15) is 0 Å². The topological polar surface area (TPSA) is 20.3 Å². The molecule has 0 aromatic heterocycles. The maximum Gasteiger partial charge on any atom is 0.219 e. The quantitative estimate of drug-likeness (QED) is 0.705. The van der Waals surface area contributed by atoms with Gasteiger partial charge in [-0.3, -0.25) is 4.79 Å². The van der Waals surface area contributed by atoms with Gasteiger partial charge in [0.25, 0.3) is 0 Å². The zero-order chi connectivity index (χ0) is 11.7. The van der Waals surface area contributed by atoms with Crippen LogP contribution >= 0.6 is 0 Å².